The van der Waals surface area contributed by atoms with Gasteiger partial charge >= 0.3 is 0 Å². The van der Waals surface area contributed by atoms with Crippen molar-refractivity contribution in [3.8, 4) is 5.75 Å². The maximum absolute atomic E-state index is 10.1. The number of phenolic OH excluding ortho intramolecular Hbond substituents is 1. The highest BCUT2D eigenvalue weighted by atomic mass is 35.5. The average Bonchev–Trinajstić information content (AvgIpc) is 2.21. The van der Waals surface area contributed by atoms with Gasteiger partial charge in [0.25, 0.3) is 0 Å². The van der Waals surface area contributed by atoms with Crippen LogP contribution in [0.25, 0.3) is 0 Å². The van der Waals surface area contributed by atoms with E-state index in [4.69, 9.17) is 28.9 Å². The second-order valence-electron chi connectivity index (χ2n) is 5.55. The van der Waals surface area contributed by atoms with Crippen molar-refractivity contribution in [2.75, 3.05) is 0 Å². The van der Waals surface area contributed by atoms with Gasteiger partial charge in [-0.3, -0.25) is 0 Å². The Bertz CT molecular complexity index is 433. The minimum absolute atomic E-state index is 0. The fourth-order valence-corrected chi connectivity index (χ4v) is 2.07. The second kappa shape index (κ2) is 7.00. The third-order valence-corrected chi connectivity index (χ3v) is 3.51. The number of hydrogen-bond donors (Lipinski definition) is 3. The molecule has 0 radical (unpaired) electrons. The van der Waals surface area contributed by atoms with Crippen LogP contribution in [0.4, 0.5) is 0 Å². The van der Waals surface area contributed by atoms with E-state index >= 15 is 0 Å². The van der Waals surface area contributed by atoms with Gasteiger partial charge in [0.1, 0.15) is 5.75 Å². The number of aromatic hydroxyl groups is 1. The Morgan fingerprint density at radius 3 is 2.26 bits per heavy atom. The van der Waals surface area contributed by atoms with Gasteiger partial charge in [-0.2, -0.15) is 0 Å². The first kappa shape index (κ1) is 18.8. The minimum atomic E-state index is -0.893. The van der Waals surface area contributed by atoms with Crippen LogP contribution in [0.5, 0.6) is 5.75 Å². The van der Waals surface area contributed by atoms with Gasteiger partial charge in [-0.05, 0) is 24.0 Å². The third kappa shape index (κ3) is 5.01. The summed E-state index contributed by atoms with van der Waals surface area (Å²) in [7, 11) is 0. The molecule has 0 fully saturated rings. The smallest absolute Gasteiger partial charge is 0.140 e. The largest absolute Gasteiger partial charge is 0.506 e. The van der Waals surface area contributed by atoms with Gasteiger partial charge in [0, 0.05) is 16.6 Å². The van der Waals surface area contributed by atoms with Gasteiger partial charge in [-0.25, -0.2) is 0 Å². The summed E-state index contributed by atoms with van der Waals surface area (Å²) in [6, 6.07) is 2.73. The van der Waals surface area contributed by atoms with Crippen LogP contribution in [0, 0.1) is 5.41 Å². The highest BCUT2D eigenvalue weighted by molar-refractivity contribution is 6.35. The molecule has 1 rings (SSSR count). The van der Waals surface area contributed by atoms with Crippen LogP contribution in [0.1, 0.15) is 38.9 Å². The fourth-order valence-electron chi connectivity index (χ4n) is 1.56. The highest BCUT2D eigenvalue weighted by Crippen LogP contribution is 2.37. The lowest BCUT2D eigenvalue weighted by atomic mass is 9.83. The molecule has 19 heavy (non-hydrogen) atoms. The minimum Gasteiger partial charge on any atom is -0.506 e. The molecule has 0 unspecified atom stereocenters. The summed E-state index contributed by atoms with van der Waals surface area (Å²) in [5.74, 6) is -0.144. The molecule has 0 aliphatic rings. The van der Waals surface area contributed by atoms with Gasteiger partial charge in [0.2, 0.25) is 0 Å². The lowest BCUT2D eigenvalue weighted by molar-refractivity contribution is 0.131. The molecule has 0 aliphatic heterocycles. The summed E-state index contributed by atoms with van der Waals surface area (Å²) >= 11 is 11.7. The zero-order chi connectivity index (χ0) is 14.1. The highest BCUT2D eigenvalue weighted by Gasteiger charge is 2.25. The van der Waals surface area contributed by atoms with Crippen molar-refractivity contribution in [3.63, 3.8) is 0 Å². The Morgan fingerprint density at radius 1 is 1.26 bits per heavy atom. The summed E-state index contributed by atoms with van der Waals surface area (Å²) in [5, 5.41) is 20.4. The molecule has 4 N–H and O–H groups in total. The number of aliphatic hydroxyl groups excluding tert-OH is 1. The number of phenols is 1. The Hall–Kier alpha value is -0.190. The van der Waals surface area contributed by atoms with E-state index in [0.717, 1.165) is 0 Å². The topological polar surface area (TPSA) is 66.5 Å². The molecule has 0 spiro atoms. The van der Waals surface area contributed by atoms with Gasteiger partial charge < -0.3 is 15.9 Å². The number of halogens is 3. The number of benzene rings is 1. The average molecular weight is 329 g/mol. The Balaban J connectivity index is 0.00000324. The zero-order valence-electron chi connectivity index (χ0n) is 11.2. The maximum Gasteiger partial charge on any atom is 0.140 e. The molecule has 0 saturated heterocycles. The fraction of sp³-hybridized carbons (Fsp3) is 0.538. The summed E-state index contributed by atoms with van der Waals surface area (Å²) < 4.78 is 0. The summed E-state index contributed by atoms with van der Waals surface area (Å²) in [4.78, 5) is 0. The van der Waals surface area contributed by atoms with Crippen LogP contribution in [-0.2, 0) is 0 Å². The van der Waals surface area contributed by atoms with Gasteiger partial charge in [0.15, 0.2) is 0 Å². The van der Waals surface area contributed by atoms with Gasteiger partial charge in [-0.15, -0.1) is 12.4 Å². The van der Waals surface area contributed by atoms with E-state index in [9.17, 15) is 10.2 Å². The van der Waals surface area contributed by atoms with Crippen molar-refractivity contribution in [1.29, 1.82) is 0 Å². The first-order chi connectivity index (χ1) is 8.12. The van der Waals surface area contributed by atoms with E-state index < -0.39 is 6.10 Å². The molecular weight excluding hydrogens is 309 g/mol. The SMILES string of the molecule is CC(C)(C)[C@H](N)C[C@H](O)c1cc(Cl)cc(Cl)c1O.Cl. The van der Waals surface area contributed by atoms with Crippen LogP contribution in [0.2, 0.25) is 10.0 Å². The van der Waals surface area contributed by atoms with E-state index in [-0.39, 0.29) is 34.6 Å². The van der Waals surface area contributed by atoms with Crippen molar-refractivity contribution in [3.05, 3.63) is 27.7 Å². The Morgan fingerprint density at radius 2 is 1.79 bits per heavy atom. The first-order valence-electron chi connectivity index (χ1n) is 5.74. The predicted octanol–water partition coefficient (Wildman–Crippen LogP) is 3.92. The molecule has 1 aromatic carbocycles. The molecule has 0 saturated carbocycles. The van der Waals surface area contributed by atoms with Crippen LogP contribution in [-0.4, -0.2) is 16.3 Å². The first-order valence-corrected chi connectivity index (χ1v) is 6.50. The summed E-state index contributed by atoms with van der Waals surface area (Å²) in [6.45, 7) is 5.99. The molecule has 110 valence electrons. The van der Waals surface area contributed by atoms with Crippen molar-refractivity contribution in [1.82, 2.24) is 0 Å². The van der Waals surface area contributed by atoms with E-state index in [0.29, 0.717) is 17.0 Å². The molecule has 0 aromatic heterocycles. The van der Waals surface area contributed by atoms with Crippen molar-refractivity contribution in [2.45, 2.75) is 39.3 Å². The lowest BCUT2D eigenvalue weighted by Crippen LogP contribution is -2.36. The van der Waals surface area contributed by atoms with Crippen LogP contribution in [0.15, 0.2) is 12.1 Å². The molecule has 0 aliphatic carbocycles. The van der Waals surface area contributed by atoms with Crippen molar-refractivity contribution >= 4 is 35.6 Å². The standard InChI is InChI=1S/C13H19Cl2NO2.ClH/c1-13(2,3)11(16)6-10(17)8-4-7(14)5-9(15)12(8)18;/h4-5,10-11,17-18H,6,16H2,1-3H3;1H/t10-,11+;/m0./s1. The van der Waals surface area contributed by atoms with Crippen LogP contribution >= 0.6 is 35.6 Å². The number of aliphatic hydroxyl groups is 1. The summed E-state index contributed by atoms with van der Waals surface area (Å²) in [5.41, 5.74) is 6.19. The molecular formula is C13H20Cl3NO2. The van der Waals surface area contributed by atoms with E-state index in [2.05, 4.69) is 0 Å². The Kier molecular flexibility index (Phi) is 6.93. The molecule has 0 bridgehead atoms. The predicted molar refractivity (Wildman–Crippen MR) is 82.4 cm³/mol. The number of hydrogen-bond acceptors (Lipinski definition) is 3. The Labute approximate surface area is 130 Å². The van der Waals surface area contributed by atoms with Crippen LogP contribution in [0.3, 0.4) is 0 Å². The maximum atomic E-state index is 10.1. The second-order valence-corrected chi connectivity index (χ2v) is 6.39. The number of rotatable bonds is 3. The van der Waals surface area contributed by atoms with Gasteiger partial charge in [-0.1, -0.05) is 44.0 Å². The normalized spacial score (nSPS) is 14.7. The lowest BCUT2D eigenvalue weighted by Gasteiger charge is -2.29. The zero-order valence-corrected chi connectivity index (χ0v) is 13.5. The third-order valence-electron chi connectivity index (χ3n) is 3.01. The van der Waals surface area contributed by atoms with Crippen LogP contribution < -0.4 is 5.73 Å². The molecule has 6 heteroatoms. The van der Waals surface area contributed by atoms with Crippen molar-refractivity contribution in [2.24, 2.45) is 11.1 Å². The monoisotopic (exact) mass is 327 g/mol. The number of nitrogens with two attached hydrogens (primary N) is 1. The molecule has 2 atom stereocenters. The molecule has 1 aromatic rings. The van der Waals surface area contributed by atoms with E-state index in [1.165, 1.54) is 12.1 Å². The molecule has 0 amide bonds. The van der Waals surface area contributed by atoms with Gasteiger partial charge in [0.05, 0.1) is 11.1 Å². The molecule has 0 heterocycles. The van der Waals surface area contributed by atoms with E-state index in [1.807, 2.05) is 20.8 Å². The quantitative estimate of drug-likeness (QED) is 0.788. The van der Waals surface area contributed by atoms with Crippen molar-refractivity contribution < 1.29 is 10.2 Å². The summed E-state index contributed by atoms with van der Waals surface area (Å²) in [6.07, 6.45) is -0.566. The van der Waals surface area contributed by atoms with E-state index in [1.54, 1.807) is 0 Å². The molecule has 3 nitrogen and oxygen atoms in total.